The highest BCUT2D eigenvalue weighted by molar-refractivity contribution is 7.99. The average Bonchev–Trinajstić information content (AvgIpc) is 3.06. The van der Waals surface area contributed by atoms with Crippen molar-refractivity contribution in [1.29, 1.82) is 0 Å². The van der Waals surface area contributed by atoms with E-state index in [4.69, 9.17) is 16.3 Å². The van der Waals surface area contributed by atoms with E-state index in [1.165, 1.54) is 18.9 Å². The molecule has 1 fully saturated rings. The van der Waals surface area contributed by atoms with E-state index in [1.807, 2.05) is 29.8 Å². The molecule has 1 amide bonds. The zero-order chi connectivity index (χ0) is 19.4. The summed E-state index contributed by atoms with van der Waals surface area (Å²) in [5.41, 5.74) is 0.803. The van der Waals surface area contributed by atoms with Gasteiger partial charge in [0.2, 0.25) is 5.91 Å². The van der Waals surface area contributed by atoms with Crippen LogP contribution in [0.2, 0.25) is 5.02 Å². The number of nitrogens with zero attached hydrogens (tertiary/aromatic N) is 4. The van der Waals surface area contributed by atoms with Crippen molar-refractivity contribution in [3.8, 4) is 11.4 Å². The molecular formula is C18H21ClN4O3S. The summed E-state index contributed by atoms with van der Waals surface area (Å²) in [6.45, 7) is 1.14. The molecule has 0 radical (unpaired) electrons. The minimum absolute atomic E-state index is 0.0330. The normalized spacial score (nSPS) is 15.0. The number of likely N-dealkylation sites (tertiary alicyclic amines) is 1. The van der Waals surface area contributed by atoms with E-state index < -0.39 is 0 Å². The van der Waals surface area contributed by atoms with Crippen LogP contribution in [-0.2, 0) is 21.4 Å². The maximum Gasteiger partial charge on any atom is 0.308 e. The minimum atomic E-state index is -0.192. The van der Waals surface area contributed by atoms with Crippen LogP contribution in [0.4, 0.5) is 0 Å². The lowest BCUT2D eigenvalue weighted by Crippen LogP contribution is -2.41. The molecule has 1 aliphatic rings. The van der Waals surface area contributed by atoms with Crippen LogP contribution in [0.3, 0.4) is 0 Å². The van der Waals surface area contributed by atoms with Gasteiger partial charge in [0.1, 0.15) is 0 Å². The van der Waals surface area contributed by atoms with E-state index in [2.05, 4.69) is 10.2 Å². The number of thioether (sulfide) groups is 1. The van der Waals surface area contributed by atoms with Crippen molar-refractivity contribution < 1.29 is 14.3 Å². The van der Waals surface area contributed by atoms with Crippen LogP contribution < -0.4 is 0 Å². The summed E-state index contributed by atoms with van der Waals surface area (Å²) in [4.78, 5) is 25.8. The highest BCUT2D eigenvalue weighted by Crippen LogP contribution is 2.28. The number of piperidine rings is 1. The number of carbonyl (C=O) groups excluding carboxylic acids is 2. The largest absolute Gasteiger partial charge is 0.469 e. The number of benzene rings is 1. The molecule has 7 nitrogen and oxygen atoms in total. The summed E-state index contributed by atoms with van der Waals surface area (Å²) < 4.78 is 6.61. The number of aromatic nitrogens is 3. The molecule has 3 rings (SSSR count). The topological polar surface area (TPSA) is 77.3 Å². The monoisotopic (exact) mass is 408 g/mol. The lowest BCUT2D eigenvalue weighted by atomic mass is 9.97. The molecule has 2 aromatic rings. The summed E-state index contributed by atoms with van der Waals surface area (Å²) in [7, 11) is 3.25. The number of hydrogen-bond donors (Lipinski definition) is 0. The smallest absolute Gasteiger partial charge is 0.308 e. The summed E-state index contributed by atoms with van der Waals surface area (Å²) in [6.07, 6.45) is 1.29. The fourth-order valence-corrected chi connectivity index (χ4v) is 4.10. The second kappa shape index (κ2) is 8.75. The highest BCUT2D eigenvalue weighted by atomic mass is 35.5. The molecule has 1 saturated heterocycles. The van der Waals surface area contributed by atoms with Gasteiger partial charge in [0.05, 0.1) is 23.8 Å². The number of ether oxygens (including phenoxy) is 1. The third kappa shape index (κ3) is 4.44. The molecule has 1 aromatic heterocycles. The Hall–Kier alpha value is -2.06. The van der Waals surface area contributed by atoms with Crippen molar-refractivity contribution in [2.75, 3.05) is 26.0 Å². The van der Waals surface area contributed by atoms with Crippen molar-refractivity contribution >= 4 is 35.2 Å². The Labute approximate surface area is 167 Å². The number of rotatable bonds is 5. The molecule has 0 N–H and O–H groups in total. The first-order chi connectivity index (χ1) is 13.0. The van der Waals surface area contributed by atoms with Gasteiger partial charge in [0.25, 0.3) is 0 Å². The van der Waals surface area contributed by atoms with Gasteiger partial charge in [-0.25, -0.2) is 0 Å². The Morgan fingerprint density at radius 3 is 2.63 bits per heavy atom. The minimum Gasteiger partial charge on any atom is -0.469 e. The highest BCUT2D eigenvalue weighted by Gasteiger charge is 2.28. The number of halogens is 1. The molecule has 0 aliphatic carbocycles. The molecule has 9 heteroatoms. The fourth-order valence-electron chi connectivity index (χ4n) is 3.07. The summed E-state index contributed by atoms with van der Waals surface area (Å²) >= 11 is 7.58. The van der Waals surface area contributed by atoms with E-state index in [1.54, 1.807) is 11.0 Å². The van der Waals surface area contributed by atoms with E-state index in [-0.39, 0.29) is 23.5 Å². The lowest BCUT2D eigenvalue weighted by Gasteiger charge is -2.30. The van der Waals surface area contributed by atoms with Gasteiger partial charge in [-0.1, -0.05) is 35.5 Å². The van der Waals surface area contributed by atoms with Crippen molar-refractivity contribution in [3.05, 3.63) is 29.3 Å². The molecule has 2 heterocycles. The van der Waals surface area contributed by atoms with Crippen LogP contribution in [0.5, 0.6) is 0 Å². The summed E-state index contributed by atoms with van der Waals surface area (Å²) in [5.74, 6) is 0.670. The van der Waals surface area contributed by atoms with Crippen LogP contribution in [0.15, 0.2) is 29.4 Å². The average molecular weight is 409 g/mol. The van der Waals surface area contributed by atoms with E-state index in [0.29, 0.717) is 41.9 Å². The van der Waals surface area contributed by atoms with E-state index >= 15 is 0 Å². The van der Waals surface area contributed by atoms with Crippen LogP contribution in [-0.4, -0.2) is 57.5 Å². The van der Waals surface area contributed by atoms with Crippen molar-refractivity contribution in [3.63, 3.8) is 0 Å². The van der Waals surface area contributed by atoms with Gasteiger partial charge in [-0.3, -0.25) is 9.59 Å². The second-order valence-corrected chi connectivity index (χ2v) is 7.66. The van der Waals surface area contributed by atoms with Crippen molar-refractivity contribution in [2.45, 2.75) is 18.0 Å². The van der Waals surface area contributed by atoms with Gasteiger partial charge < -0.3 is 14.2 Å². The fraction of sp³-hybridized carbons (Fsp3) is 0.444. The van der Waals surface area contributed by atoms with E-state index in [9.17, 15) is 9.59 Å². The Morgan fingerprint density at radius 2 is 1.96 bits per heavy atom. The van der Waals surface area contributed by atoms with Crippen LogP contribution in [0.25, 0.3) is 11.4 Å². The molecule has 144 valence electrons. The third-order valence-corrected chi connectivity index (χ3v) is 5.99. The van der Waals surface area contributed by atoms with Gasteiger partial charge in [-0.2, -0.15) is 0 Å². The molecule has 0 saturated carbocycles. The standard InChI is InChI=1S/C18H21ClN4O3S/c1-22-16(13-5-3-4-6-14(13)19)20-21-18(22)27-11-15(24)23-9-7-12(8-10-23)17(25)26-2/h3-6,12H,7-11H2,1-2H3. The van der Waals surface area contributed by atoms with Crippen LogP contribution in [0.1, 0.15) is 12.8 Å². The Balaban J connectivity index is 1.57. The first-order valence-corrected chi connectivity index (χ1v) is 10.00. The molecular weight excluding hydrogens is 388 g/mol. The summed E-state index contributed by atoms with van der Waals surface area (Å²) in [5, 5.41) is 9.65. The predicted octanol–water partition coefficient (Wildman–Crippen LogP) is 2.64. The number of carbonyl (C=O) groups is 2. The number of methoxy groups -OCH3 is 1. The predicted molar refractivity (Wildman–Crippen MR) is 103 cm³/mol. The molecule has 1 aliphatic heterocycles. The Bertz CT molecular complexity index is 834. The van der Waals surface area contributed by atoms with Crippen LogP contribution in [0, 0.1) is 5.92 Å². The Kier molecular flexibility index (Phi) is 6.38. The molecule has 1 aromatic carbocycles. The maximum absolute atomic E-state index is 12.5. The van der Waals surface area contributed by atoms with Gasteiger partial charge in [-0.15, -0.1) is 10.2 Å². The molecule has 27 heavy (non-hydrogen) atoms. The molecule has 0 spiro atoms. The Morgan fingerprint density at radius 1 is 1.26 bits per heavy atom. The second-order valence-electron chi connectivity index (χ2n) is 6.31. The van der Waals surface area contributed by atoms with Gasteiger partial charge >= 0.3 is 5.97 Å². The van der Waals surface area contributed by atoms with Crippen molar-refractivity contribution in [2.24, 2.45) is 13.0 Å². The van der Waals surface area contributed by atoms with E-state index in [0.717, 1.165) is 5.56 Å². The first-order valence-electron chi connectivity index (χ1n) is 8.64. The zero-order valence-electron chi connectivity index (χ0n) is 15.2. The van der Waals surface area contributed by atoms with Crippen molar-refractivity contribution in [1.82, 2.24) is 19.7 Å². The third-order valence-electron chi connectivity index (χ3n) is 4.66. The van der Waals surface area contributed by atoms with Gasteiger partial charge in [-0.05, 0) is 25.0 Å². The number of esters is 1. The lowest BCUT2D eigenvalue weighted by molar-refractivity contribution is -0.148. The number of hydrogen-bond acceptors (Lipinski definition) is 6. The van der Waals surface area contributed by atoms with Gasteiger partial charge in [0, 0.05) is 25.7 Å². The van der Waals surface area contributed by atoms with Crippen LogP contribution >= 0.6 is 23.4 Å². The molecule has 0 unspecified atom stereocenters. The zero-order valence-corrected chi connectivity index (χ0v) is 16.8. The van der Waals surface area contributed by atoms with Gasteiger partial charge in [0.15, 0.2) is 11.0 Å². The first kappa shape index (κ1) is 19.7. The summed E-state index contributed by atoms with van der Waals surface area (Å²) in [6, 6.07) is 7.45. The SMILES string of the molecule is COC(=O)C1CCN(C(=O)CSc2nnc(-c3ccccc3Cl)n2C)CC1. The molecule has 0 bridgehead atoms. The maximum atomic E-state index is 12.5. The number of amides is 1. The molecule has 0 atom stereocenters. The quantitative estimate of drug-likeness (QED) is 0.559.